The van der Waals surface area contributed by atoms with E-state index < -0.39 is 0 Å². The summed E-state index contributed by atoms with van der Waals surface area (Å²) in [7, 11) is 1.68. The van der Waals surface area contributed by atoms with E-state index in [1.165, 1.54) is 6.42 Å². The van der Waals surface area contributed by atoms with Gasteiger partial charge < -0.3 is 9.64 Å². The van der Waals surface area contributed by atoms with Crippen LogP contribution in [0.2, 0.25) is 0 Å². The van der Waals surface area contributed by atoms with Gasteiger partial charge in [-0.1, -0.05) is 6.07 Å². The third-order valence-corrected chi connectivity index (χ3v) is 4.11. The fraction of sp³-hybridized carbons (Fsp3) is 0.429. The molecule has 1 aliphatic carbocycles. The van der Waals surface area contributed by atoms with Crippen LogP contribution in [0.15, 0.2) is 24.5 Å². The van der Waals surface area contributed by atoms with E-state index in [1.807, 2.05) is 12.1 Å². The molecule has 0 amide bonds. The predicted octanol–water partition coefficient (Wildman–Crippen LogP) is 2.09. The van der Waals surface area contributed by atoms with Crippen molar-refractivity contribution in [2.45, 2.75) is 6.42 Å². The van der Waals surface area contributed by atoms with E-state index in [2.05, 4.69) is 20.9 Å². The van der Waals surface area contributed by atoms with Crippen LogP contribution in [-0.4, -0.2) is 30.2 Å². The van der Waals surface area contributed by atoms with Crippen LogP contribution in [0, 0.1) is 11.8 Å². The predicted molar refractivity (Wildman–Crippen MR) is 69.9 cm³/mol. The highest BCUT2D eigenvalue weighted by Crippen LogP contribution is 2.46. The zero-order valence-corrected chi connectivity index (χ0v) is 10.3. The molecule has 1 aromatic carbocycles. The van der Waals surface area contributed by atoms with Crippen molar-refractivity contribution in [3.05, 3.63) is 24.5 Å². The molecule has 2 aromatic rings. The molecule has 2 fully saturated rings. The first-order valence-corrected chi connectivity index (χ1v) is 6.39. The smallest absolute Gasteiger partial charge is 0.145 e. The average Bonchev–Trinajstić information content (AvgIpc) is 3.04. The number of fused-ring (bicyclic) bond motifs is 2. The lowest BCUT2D eigenvalue weighted by Gasteiger charge is -2.20. The van der Waals surface area contributed by atoms with Gasteiger partial charge in [-0.3, -0.25) is 0 Å². The van der Waals surface area contributed by atoms with Crippen LogP contribution in [0.1, 0.15) is 6.42 Å². The maximum atomic E-state index is 5.37. The Morgan fingerprint density at radius 1 is 1.22 bits per heavy atom. The van der Waals surface area contributed by atoms with Crippen molar-refractivity contribution in [2.75, 3.05) is 25.1 Å². The number of rotatable bonds is 2. The van der Waals surface area contributed by atoms with Gasteiger partial charge in [-0.15, -0.1) is 0 Å². The summed E-state index contributed by atoms with van der Waals surface area (Å²) in [5.74, 6) is 3.69. The summed E-state index contributed by atoms with van der Waals surface area (Å²) in [6, 6.07) is 6.03. The molecule has 0 radical (unpaired) electrons. The second-order valence-electron chi connectivity index (χ2n) is 5.21. The largest absolute Gasteiger partial charge is 0.494 e. The molecule has 0 bridgehead atoms. The zero-order valence-electron chi connectivity index (χ0n) is 10.3. The summed E-state index contributed by atoms with van der Waals surface area (Å²) in [4.78, 5) is 11.2. The number of methoxy groups -OCH3 is 1. The van der Waals surface area contributed by atoms with E-state index in [-0.39, 0.29) is 0 Å². The second-order valence-corrected chi connectivity index (χ2v) is 5.21. The number of benzene rings is 1. The Bertz CT molecular complexity index is 603. The quantitative estimate of drug-likeness (QED) is 0.807. The van der Waals surface area contributed by atoms with Gasteiger partial charge in [0.2, 0.25) is 0 Å². The first-order valence-electron chi connectivity index (χ1n) is 6.39. The highest BCUT2D eigenvalue weighted by atomic mass is 16.5. The molecule has 2 unspecified atom stereocenters. The van der Waals surface area contributed by atoms with Crippen molar-refractivity contribution in [1.29, 1.82) is 0 Å². The van der Waals surface area contributed by atoms with Gasteiger partial charge in [0.05, 0.1) is 7.11 Å². The molecule has 4 rings (SSSR count). The Morgan fingerprint density at radius 3 is 2.83 bits per heavy atom. The van der Waals surface area contributed by atoms with E-state index in [0.29, 0.717) is 0 Å². The van der Waals surface area contributed by atoms with Gasteiger partial charge in [0.25, 0.3) is 0 Å². The topological polar surface area (TPSA) is 38.2 Å². The summed E-state index contributed by atoms with van der Waals surface area (Å²) < 4.78 is 5.37. The Hall–Kier alpha value is -1.84. The fourth-order valence-corrected chi connectivity index (χ4v) is 3.03. The summed E-state index contributed by atoms with van der Waals surface area (Å²) in [5, 5.41) is 1.10. The van der Waals surface area contributed by atoms with Crippen molar-refractivity contribution < 1.29 is 4.74 Å². The molecule has 92 valence electrons. The van der Waals surface area contributed by atoms with Crippen LogP contribution in [0.4, 0.5) is 5.82 Å². The van der Waals surface area contributed by atoms with Gasteiger partial charge in [0.15, 0.2) is 0 Å². The summed E-state index contributed by atoms with van der Waals surface area (Å²) >= 11 is 0. The third kappa shape index (κ3) is 1.38. The molecule has 2 heterocycles. The first kappa shape index (κ1) is 10.1. The third-order valence-electron chi connectivity index (χ3n) is 4.11. The summed E-state index contributed by atoms with van der Waals surface area (Å²) in [6.45, 7) is 2.29. The van der Waals surface area contributed by atoms with Crippen LogP contribution in [0.5, 0.6) is 5.75 Å². The van der Waals surface area contributed by atoms with E-state index in [4.69, 9.17) is 4.74 Å². The molecule has 1 aromatic heterocycles. The number of aromatic nitrogens is 2. The van der Waals surface area contributed by atoms with Gasteiger partial charge in [0, 0.05) is 18.5 Å². The van der Waals surface area contributed by atoms with Crippen LogP contribution < -0.4 is 9.64 Å². The normalized spacial score (nSPS) is 25.3. The average molecular weight is 241 g/mol. The second kappa shape index (κ2) is 3.57. The van der Waals surface area contributed by atoms with Crippen LogP contribution >= 0.6 is 0 Å². The van der Waals surface area contributed by atoms with Crippen molar-refractivity contribution >= 4 is 16.7 Å². The standard InChI is InChI=1S/C14H15N3O/c1-18-12-4-2-3-11-13(12)15-8-16-14(11)17-6-9-5-10(9)7-17/h2-4,8-10H,5-7H2,1H3. The van der Waals surface area contributed by atoms with Crippen LogP contribution in [0.25, 0.3) is 10.9 Å². The van der Waals surface area contributed by atoms with E-state index in [0.717, 1.165) is 47.4 Å². The lowest BCUT2D eigenvalue weighted by atomic mass is 10.2. The van der Waals surface area contributed by atoms with Gasteiger partial charge >= 0.3 is 0 Å². The van der Waals surface area contributed by atoms with Crippen LogP contribution in [-0.2, 0) is 0 Å². The highest BCUT2D eigenvalue weighted by Gasteiger charge is 2.45. The Morgan fingerprint density at radius 2 is 2.06 bits per heavy atom. The number of piperidine rings is 1. The maximum Gasteiger partial charge on any atom is 0.145 e. The van der Waals surface area contributed by atoms with E-state index in [1.54, 1.807) is 13.4 Å². The van der Waals surface area contributed by atoms with Crippen molar-refractivity contribution in [1.82, 2.24) is 9.97 Å². The van der Waals surface area contributed by atoms with Gasteiger partial charge in [-0.25, -0.2) is 9.97 Å². The Kier molecular flexibility index (Phi) is 2.01. The number of ether oxygens (including phenoxy) is 1. The Balaban J connectivity index is 1.85. The molecule has 0 N–H and O–H groups in total. The fourth-order valence-electron chi connectivity index (χ4n) is 3.03. The lowest BCUT2D eigenvalue weighted by molar-refractivity contribution is 0.419. The van der Waals surface area contributed by atoms with E-state index >= 15 is 0 Å². The van der Waals surface area contributed by atoms with E-state index in [9.17, 15) is 0 Å². The molecule has 0 spiro atoms. The Labute approximate surface area is 106 Å². The van der Waals surface area contributed by atoms with Crippen molar-refractivity contribution in [3.63, 3.8) is 0 Å². The molecule has 1 saturated heterocycles. The monoisotopic (exact) mass is 241 g/mol. The van der Waals surface area contributed by atoms with Crippen molar-refractivity contribution in [3.8, 4) is 5.75 Å². The molecule has 1 aliphatic heterocycles. The molecule has 1 saturated carbocycles. The molecular formula is C14H15N3O. The molecular weight excluding hydrogens is 226 g/mol. The van der Waals surface area contributed by atoms with Crippen molar-refractivity contribution in [2.24, 2.45) is 11.8 Å². The number of nitrogens with zero attached hydrogens (tertiary/aromatic N) is 3. The highest BCUT2D eigenvalue weighted by molar-refractivity contribution is 5.93. The number of hydrogen-bond acceptors (Lipinski definition) is 4. The van der Waals surface area contributed by atoms with Gasteiger partial charge in [-0.2, -0.15) is 0 Å². The minimum Gasteiger partial charge on any atom is -0.494 e. The summed E-state index contributed by atoms with van der Waals surface area (Å²) in [5.41, 5.74) is 0.908. The zero-order chi connectivity index (χ0) is 12.1. The van der Waals surface area contributed by atoms with Gasteiger partial charge in [0.1, 0.15) is 23.4 Å². The molecule has 18 heavy (non-hydrogen) atoms. The minimum absolute atomic E-state index is 0.820. The van der Waals surface area contributed by atoms with Gasteiger partial charge in [-0.05, 0) is 30.4 Å². The van der Waals surface area contributed by atoms with Crippen LogP contribution in [0.3, 0.4) is 0 Å². The summed E-state index contributed by atoms with van der Waals surface area (Å²) in [6.07, 6.45) is 3.05. The minimum atomic E-state index is 0.820. The lowest BCUT2D eigenvalue weighted by Crippen LogP contribution is -2.23. The number of hydrogen-bond donors (Lipinski definition) is 0. The molecule has 2 atom stereocenters. The molecule has 4 nitrogen and oxygen atoms in total. The molecule has 4 heteroatoms. The first-order chi connectivity index (χ1) is 8.86. The number of para-hydroxylation sites is 1. The maximum absolute atomic E-state index is 5.37. The number of anilines is 1. The SMILES string of the molecule is COc1cccc2c(N3CC4CC4C3)ncnc12. The molecule has 2 aliphatic rings.